The highest BCUT2D eigenvalue weighted by molar-refractivity contribution is 5.55. The van der Waals surface area contributed by atoms with Gasteiger partial charge in [-0.25, -0.2) is 0 Å². The zero-order valence-electron chi connectivity index (χ0n) is 11.2. The first-order chi connectivity index (χ1) is 8.79. The van der Waals surface area contributed by atoms with Gasteiger partial charge < -0.3 is 14.8 Å². The van der Waals surface area contributed by atoms with Crippen LogP contribution in [0.15, 0.2) is 6.07 Å². The van der Waals surface area contributed by atoms with Gasteiger partial charge in [0, 0.05) is 18.0 Å². The SMILES string of the molecule is COc1cc(CC2CCCN2)c2c(c1C)CCO2. The molecular weight excluding hydrogens is 226 g/mol. The molecule has 1 atom stereocenters. The summed E-state index contributed by atoms with van der Waals surface area (Å²) in [6, 6.07) is 2.77. The topological polar surface area (TPSA) is 30.5 Å². The van der Waals surface area contributed by atoms with Crippen molar-refractivity contribution >= 4 is 0 Å². The van der Waals surface area contributed by atoms with Gasteiger partial charge in [-0.2, -0.15) is 0 Å². The Kier molecular flexibility index (Phi) is 3.16. The number of rotatable bonds is 3. The summed E-state index contributed by atoms with van der Waals surface area (Å²) in [7, 11) is 1.75. The molecule has 0 bridgehead atoms. The number of hydrogen-bond donors (Lipinski definition) is 1. The van der Waals surface area contributed by atoms with Crippen LogP contribution in [0.1, 0.15) is 29.5 Å². The van der Waals surface area contributed by atoms with E-state index in [0.717, 1.165) is 37.5 Å². The van der Waals surface area contributed by atoms with Gasteiger partial charge in [-0.1, -0.05) is 0 Å². The summed E-state index contributed by atoms with van der Waals surface area (Å²) < 4.78 is 11.3. The smallest absolute Gasteiger partial charge is 0.126 e. The summed E-state index contributed by atoms with van der Waals surface area (Å²) in [4.78, 5) is 0. The fourth-order valence-corrected chi connectivity index (χ4v) is 3.14. The molecule has 0 spiro atoms. The lowest BCUT2D eigenvalue weighted by atomic mass is 9.96. The van der Waals surface area contributed by atoms with Crippen LogP contribution in [0.4, 0.5) is 0 Å². The quantitative estimate of drug-likeness (QED) is 0.888. The minimum Gasteiger partial charge on any atom is -0.496 e. The van der Waals surface area contributed by atoms with Gasteiger partial charge in [0.15, 0.2) is 0 Å². The predicted octanol–water partition coefficient (Wildman–Crippen LogP) is 2.23. The first-order valence-corrected chi connectivity index (χ1v) is 6.85. The summed E-state index contributed by atoms with van der Waals surface area (Å²) in [6.45, 7) is 4.09. The maximum absolute atomic E-state index is 5.84. The largest absolute Gasteiger partial charge is 0.496 e. The van der Waals surface area contributed by atoms with Gasteiger partial charge in [0.05, 0.1) is 13.7 Å². The van der Waals surface area contributed by atoms with E-state index >= 15 is 0 Å². The van der Waals surface area contributed by atoms with Crippen LogP contribution in [0.3, 0.4) is 0 Å². The minimum absolute atomic E-state index is 0.603. The molecular formula is C15H21NO2. The van der Waals surface area contributed by atoms with E-state index in [2.05, 4.69) is 18.3 Å². The van der Waals surface area contributed by atoms with Crippen molar-refractivity contribution in [2.24, 2.45) is 0 Å². The molecule has 0 aliphatic carbocycles. The molecule has 3 heteroatoms. The Balaban J connectivity index is 1.95. The molecule has 1 fully saturated rings. The summed E-state index contributed by atoms with van der Waals surface area (Å²) in [5, 5.41) is 3.55. The summed E-state index contributed by atoms with van der Waals surface area (Å²) in [6.07, 6.45) is 4.63. The second-order valence-corrected chi connectivity index (χ2v) is 5.27. The van der Waals surface area contributed by atoms with E-state index in [1.807, 2.05) is 0 Å². The van der Waals surface area contributed by atoms with Crippen molar-refractivity contribution in [3.05, 3.63) is 22.8 Å². The van der Waals surface area contributed by atoms with Crippen LogP contribution in [-0.4, -0.2) is 26.3 Å². The van der Waals surface area contributed by atoms with Crippen molar-refractivity contribution in [1.29, 1.82) is 0 Å². The van der Waals surface area contributed by atoms with E-state index in [0.29, 0.717) is 6.04 Å². The summed E-state index contributed by atoms with van der Waals surface area (Å²) in [5.41, 5.74) is 3.90. The number of methoxy groups -OCH3 is 1. The molecule has 1 unspecified atom stereocenters. The van der Waals surface area contributed by atoms with Crippen molar-refractivity contribution in [2.45, 2.75) is 38.6 Å². The molecule has 2 aliphatic rings. The molecule has 2 heterocycles. The van der Waals surface area contributed by atoms with Crippen LogP contribution in [-0.2, 0) is 12.8 Å². The van der Waals surface area contributed by atoms with Crippen LogP contribution >= 0.6 is 0 Å². The zero-order chi connectivity index (χ0) is 12.5. The third kappa shape index (κ3) is 1.97. The first kappa shape index (κ1) is 11.8. The van der Waals surface area contributed by atoms with Gasteiger partial charge in [-0.3, -0.25) is 0 Å². The number of fused-ring (bicyclic) bond motifs is 1. The molecule has 0 saturated carbocycles. The van der Waals surface area contributed by atoms with Crippen LogP contribution in [0, 0.1) is 6.92 Å². The average Bonchev–Trinajstić information content (AvgIpc) is 3.03. The number of nitrogens with one attached hydrogen (secondary N) is 1. The second-order valence-electron chi connectivity index (χ2n) is 5.27. The average molecular weight is 247 g/mol. The Morgan fingerprint density at radius 1 is 1.50 bits per heavy atom. The maximum Gasteiger partial charge on any atom is 0.126 e. The Morgan fingerprint density at radius 2 is 2.39 bits per heavy atom. The fraction of sp³-hybridized carbons (Fsp3) is 0.600. The van der Waals surface area contributed by atoms with E-state index in [1.165, 1.54) is 29.5 Å². The van der Waals surface area contributed by atoms with Gasteiger partial charge in [0.25, 0.3) is 0 Å². The van der Waals surface area contributed by atoms with E-state index in [9.17, 15) is 0 Å². The fourth-order valence-electron chi connectivity index (χ4n) is 3.14. The molecule has 3 nitrogen and oxygen atoms in total. The lowest BCUT2D eigenvalue weighted by Crippen LogP contribution is -2.23. The third-order valence-corrected chi connectivity index (χ3v) is 4.14. The summed E-state index contributed by atoms with van der Waals surface area (Å²) >= 11 is 0. The highest BCUT2D eigenvalue weighted by Crippen LogP contribution is 2.38. The number of hydrogen-bond acceptors (Lipinski definition) is 3. The molecule has 0 aromatic heterocycles. The molecule has 3 rings (SSSR count). The van der Waals surface area contributed by atoms with Crippen molar-refractivity contribution in [1.82, 2.24) is 5.32 Å². The van der Waals surface area contributed by atoms with Gasteiger partial charge in [0.2, 0.25) is 0 Å². The molecule has 1 aromatic carbocycles. The first-order valence-electron chi connectivity index (χ1n) is 6.85. The lowest BCUT2D eigenvalue weighted by molar-refractivity contribution is 0.351. The number of benzene rings is 1. The summed E-state index contributed by atoms with van der Waals surface area (Å²) in [5.74, 6) is 2.13. The van der Waals surface area contributed by atoms with Crippen molar-refractivity contribution in [3.63, 3.8) is 0 Å². The highest BCUT2D eigenvalue weighted by Gasteiger charge is 2.24. The van der Waals surface area contributed by atoms with Gasteiger partial charge in [-0.05, 0) is 49.9 Å². The van der Waals surface area contributed by atoms with Gasteiger partial charge in [-0.15, -0.1) is 0 Å². The monoisotopic (exact) mass is 247 g/mol. The van der Waals surface area contributed by atoms with Gasteiger partial charge in [0.1, 0.15) is 11.5 Å². The van der Waals surface area contributed by atoms with Crippen LogP contribution in [0.25, 0.3) is 0 Å². The predicted molar refractivity (Wildman–Crippen MR) is 71.7 cm³/mol. The highest BCUT2D eigenvalue weighted by atomic mass is 16.5. The Morgan fingerprint density at radius 3 is 3.11 bits per heavy atom. The minimum atomic E-state index is 0.603. The molecule has 0 amide bonds. The van der Waals surface area contributed by atoms with E-state index in [4.69, 9.17) is 9.47 Å². The molecule has 1 saturated heterocycles. The van der Waals surface area contributed by atoms with Crippen molar-refractivity contribution in [3.8, 4) is 11.5 Å². The Labute approximate surface area is 108 Å². The second kappa shape index (κ2) is 4.81. The third-order valence-electron chi connectivity index (χ3n) is 4.14. The van der Waals surface area contributed by atoms with Crippen LogP contribution in [0.5, 0.6) is 11.5 Å². The Hall–Kier alpha value is -1.22. The van der Waals surface area contributed by atoms with E-state index in [-0.39, 0.29) is 0 Å². The normalized spacial score (nSPS) is 21.8. The van der Waals surface area contributed by atoms with Crippen molar-refractivity contribution < 1.29 is 9.47 Å². The maximum atomic E-state index is 5.84. The van der Waals surface area contributed by atoms with Crippen molar-refractivity contribution in [2.75, 3.05) is 20.3 Å². The van der Waals surface area contributed by atoms with E-state index < -0.39 is 0 Å². The molecule has 1 N–H and O–H groups in total. The molecule has 18 heavy (non-hydrogen) atoms. The Bertz CT molecular complexity index is 450. The number of ether oxygens (including phenoxy) is 2. The van der Waals surface area contributed by atoms with Gasteiger partial charge >= 0.3 is 0 Å². The van der Waals surface area contributed by atoms with Crippen LogP contribution < -0.4 is 14.8 Å². The molecule has 1 aromatic rings. The molecule has 98 valence electrons. The molecule has 2 aliphatic heterocycles. The van der Waals surface area contributed by atoms with Crippen LogP contribution in [0.2, 0.25) is 0 Å². The zero-order valence-corrected chi connectivity index (χ0v) is 11.2. The van der Waals surface area contributed by atoms with E-state index in [1.54, 1.807) is 7.11 Å². The lowest BCUT2D eigenvalue weighted by Gasteiger charge is -2.16. The molecule has 0 radical (unpaired) electrons. The standard InChI is InChI=1S/C15H21NO2/c1-10-13-5-7-18-15(13)11(9-14(10)17-2)8-12-4-3-6-16-12/h9,12,16H,3-8H2,1-2H3.